The first kappa shape index (κ1) is 13.8. The van der Waals surface area contributed by atoms with E-state index in [1.807, 2.05) is 0 Å². The van der Waals surface area contributed by atoms with Gasteiger partial charge in [-0.1, -0.05) is 26.2 Å². The minimum Gasteiger partial charge on any atom is -0.367 e. The molecule has 0 unspecified atom stereocenters. The SMILES string of the molecule is CCC1CCC(CNC(=O)c2c[nH]ccc2=O)CC1. The summed E-state index contributed by atoms with van der Waals surface area (Å²) in [4.78, 5) is 26.2. The van der Waals surface area contributed by atoms with E-state index in [4.69, 9.17) is 0 Å². The van der Waals surface area contributed by atoms with Crippen LogP contribution < -0.4 is 10.7 Å². The quantitative estimate of drug-likeness (QED) is 0.874. The molecule has 1 amide bonds. The molecule has 0 aliphatic heterocycles. The molecular formula is C15H22N2O2. The number of aromatic nitrogens is 1. The summed E-state index contributed by atoms with van der Waals surface area (Å²) in [6, 6.07) is 1.38. The molecular weight excluding hydrogens is 240 g/mol. The van der Waals surface area contributed by atoms with E-state index in [0.717, 1.165) is 5.92 Å². The van der Waals surface area contributed by atoms with Gasteiger partial charge in [-0.25, -0.2) is 0 Å². The smallest absolute Gasteiger partial charge is 0.256 e. The Morgan fingerprint density at radius 1 is 1.32 bits per heavy atom. The van der Waals surface area contributed by atoms with Gasteiger partial charge in [-0.15, -0.1) is 0 Å². The lowest BCUT2D eigenvalue weighted by Crippen LogP contribution is -2.33. The summed E-state index contributed by atoms with van der Waals surface area (Å²) >= 11 is 0. The van der Waals surface area contributed by atoms with Crippen molar-refractivity contribution in [2.24, 2.45) is 11.8 Å². The molecule has 1 aromatic heterocycles. The van der Waals surface area contributed by atoms with Crippen LogP contribution in [-0.4, -0.2) is 17.4 Å². The number of aromatic amines is 1. The standard InChI is InChI=1S/C15H22N2O2/c1-2-11-3-5-12(6-4-11)9-17-15(19)13-10-16-8-7-14(13)18/h7-8,10-12H,2-6,9H2,1H3,(H,16,18)(H,17,19). The molecule has 1 aliphatic rings. The second-order valence-corrected chi connectivity index (χ2v) is 5.43. The molecule has 0 saturated heterocycles. The van der Waals surface area contributed by atoms with Gasteiger partial charge in [0.05, 0.1) is 0 Å². The molecule has 1 saturated carbocycles. The van der Waals surface area contributed by atoms with Crippen molar-refractivity contribution >= 4 is 5.91 Å². The van der Waals surface area contributed by atoms with Gasteiger partial charge >= 0.3 is 0 Å². The van der Waals surface area contributed by atoms with E-state index in [1.54, 1.807) is 0 Å². The fourth-order valence-electron chi connectivity index (χ4n) is 2.77. The molecule has 1 aliphatic carbocycles. The van der Waals surface area contributed by atoms with Gasteiger partial charge in [0.2, 0.25) is 0 Å². The van der Waals surface area contributed by atoms with Crippen molar-refractivity contribution in [1.82, 2.24) is 10.3 Å². The number of carbonyl (C=O) groups excluding carboxylic acids is 1. The number of nitrogens with one attached hydrogen (secondary N) is 2. The van der Waals surface area contributed by atoms with Crippen LogP contribution in [0.5, 0.6) is 0 Å². The molecule has 1 heterocycles. The average molecular weight is 262 g/mol. The molecule has 19 heavy (non-hydrogen) atoms. The Morgan fingerprint density at radius 3 is 2.63 bits per heavy atom. The molecule has 0 atom stereocenters. The summed E-state index contributed by atoms with van der Waals surface area (Å²) in [6.45, 7) is 2.93. The minimum atomic E-state index is -0.264. The number of amides is 1. The number of pyridine rings is 1. The Labute approximate surface area is 113 Å². The molecule has 2 rings (SSSR count). The van der Waals surface area contributed by atoms with Crippen LogP contribution in [-0.2, 0) is 0 Å². The lowest BCUT2D eigenvalue weighted by molar-refractivity contribution is 0.0940. The molecule has 2 N–H and O–H groups in total. The van der Waals surface area contributed by atoms with Crippen LogP contribution in [0.3, 0.4) is 0 Å². The summed E-state index contributed by atoms with van der Waals surface area (Å²) in [5, 5.41) is 2.88. The fourth-order valence-corrected chi connectivity index (χ4v) is 2.77. The van der Waals surface area contributed by atoms with Crippen LogP contribution in [0.1, 0.15) is 49.4 Å². The monoisotopic (exact) mass is 262 g/mol. The zero-order chi connectivity index (χ0) is 13.7. The van der Waals surface area contributed by atoms with Crippen LogP contribution in [0.15, 0.2) is 23.3 Å². The Balaban J connectivity index is 1.82. The molecule has 104 valence electrons. The van der Waals surface area contributed by atoms with Gasteiger partial charge in [0, 0.05) is 25.0 Å². The van der Waals surface area contributed by atoms with Crippen molar-refractivity contribution < 1.29 is 4.79 Å². The zero-order valence-corrected chi connectivity index (χ0v) is 11.4. The Bertz CT molecular complexity index is 473. The summed E-state index contributed by atoms with van der Waals surface area (Å²) in [7, 11) is 0. The maximum absolute atomic E-state index is 11.9. The first-order valence-electron chi connectivity index (χ1n) is 7.16. The normalized spacial score (nSPS) is 23.0. The number of rotatable bonds is 4. The minimum absolute atomic E-state index is 0.199. The predicted octanol–water partition coefficient (Wildman–Crippen LogP) is 2.32. The van der Waals surface area contributed by atoms with Crippen LogP contribution in [0.4, 0.5) is 0 Å². The van der Waals surface area contributed by atoms with Gasteiger partial charge in [0.15, 0.2) is 5.43 Å². The van der Waals surface area contributed by atoms with Gasteiger partial charge in [-0.3, -0.25) is 9.59 Å². The largest absolute Gasteiger partial charge is 0.367 e. The highest BCUT2D eigenvalue weighted by Gasteiger charge is 2.20. The Hall–Kier alpha value is -1.58. The van der Waals surface area contributed by atoms with Crippen molar-refractivity contribution in [3.8, 4) is 0 Å². The van der Waals surface area contributed by atoms with Crippen molar-refractivity contribution in [3.63, 3.8) is 0 Å². The van der Waals surface area contributed by atoms with E-state index >= 15 is 0 Å². The van der Waals surface area contributed by atoms with E-state index in [-0.39, 0.29) is 16.9 Å². The highest BCUT2D eigenvalue weighted by atomic mass is 16.2. The van der Waals surface area contributed by atoms with E-state index in [1.165, 1.54) is 50.6 Å². The molecule has 4 heteroatoms. The summed E-state index contributed by atoms with van der Waals surface area (Å²) in [6.07, 6.45) is 9.16. The van der Waals surface area contributed by atoms with Crippen LogP contribution in [0.2, 0.25) is 0 Å². The second-order valence-electron chi connectivity index (χ2n) is 5.43. The van der Waals surface area contributed by atoms with Crippen LogP contribution in [0, 0.1) is 11.8 Å². The van der Waals surface area contributed by atoms with Gasteiger partial charge in [0.1, 0.15) is 5.56 Å². The van der Waals surface area contributed by atoms with E-state index in [9.17, 15) is 9.59 Å². The fraction of sp³-hybridized carbons (Fsp3) is 0.600. The summed E-state index contributed by atoms with van der Waals surface area (Å²) in [5.74, 6) is 1.16. The number of carbonyl (C=O) groups is 1. The summed E-state index contributed by atoms with van der Waals surface area (Å²) in [5.41, 5.74) is -0.0318. The van der Waals surface area contributed by atoms with Crippen molar-refractivity contribution in [3.05, 3.63) is 34.2 Å². The highest BCUT2D eigenvalue weighted by molar-refractivity contribution is 5.93. The van der Waals surface area contributed by atoms with Gasteiger partial charge in [0.25, 0.3) is 5.91 Å². The molecule has 0 aromatic carbocycles. The van der Waals surface area contributed by atoms with E-state index < -0.39 is 0 Å². The molecule has 1 fully saturated rings. The predicted molar refractivity (Wildman–Crippen MR) is 75.1 cm³/mol. The lowest BCUT2D eigenvalue weighted by Gasteiger charge is -2.27. The van der Waals surface area contributed by atoms with E-state index in [0.29, 0.717) is 12.5 Å². The molecule has 0 radical (unpaired) electrons. The first-order valence-corrected chi connectivity index (χ1v) is 7.16. The Kier molecular flexibility index (Phi) is 4.77. The maximum Gasteiger partial charge on any atom is 0.256 e. The summed E-state index contributed by atoms with van der Waals surface area (Å²) < 4.78 is 0. The van der Waals surface area contributed by atoms with Gasteiger partial charge in [-0.05, 0) is 24.7 Å². The molecule has 0 spiro atoms. The number of hydrogen-bond donors (Lipinski definition) is 2. The van der Waals surface area contributed by atoms with Crippen LogP contribution >= 0.6 is 0 Å². The van der Waals surface area contributed by atoms with Crippen molar-refractivity contribution in [2.45, 2.75) is 39.0 Å². The third-order valence-electron chi connectivity index (χ3n) is 4.16. The topological polar surface area (TPSA) is 62.0 Å². The van der Waals surface area contributed by atoms with Gasteiger partial charge in [-0.2, -0.15) is 0 Å². The van der Waals surface area contributed by atoms with Crippen molar-refractivity contribution in [2.75, 3.05) is 6.54 Å². The zero-order valence-electron chi connectivity index (χ0n) is 11.4. The third kappa shape index (κ3) is 3.69. The molecule has 1 aromatic rings. The number of hydrogen-bond acceptors (Lipinski definition) is 2. The third-order valence-corrected chi connectivity index (χ3v) is 4.16. The van der Waals surface area contributed by atoms with Crippen molar-refractivity contribution in [1.29, 1.82) is 0 Å². The molecule has 0 bridgehead atoms. The van der Waals surface area contributed by atoms with Gasteiger partial charge < -0.3 is 10.3 Å². The molecule has 4 nitrogen and oxygen atoms in total. The number of H-pyrrole nitrogens is 1. The van der Waals surface area contributed by atoms with E-state index in [2.05, 4.69) is 17.2 Å². The second kappa shape index (κ2) is 6.55. The Morgan fingerprint density at radius 2 is 2.00 bits per heavy atom. The maximum atomic E-state index is 11.9. The highest BCUT2D eigenvalue weighted by Crippen LogP contribution is 2.30. The van der Waals surface area contributed by atoms with Crippen LogP contribution in [0.25, 0.3) is 0 Å². The average Bonchev–Trinajstić information content (AvgIpc) is 2.46. The lowest BCUT2D eigenvalue weighted by atomic mass is 9.81. The first-order chi connectivity index (χ1) is 9.20.